The van der Waals surface area contributed by atoms with E-state index in [1.807, 2.05) is 24.4 Å². The number of nitrogens with zero attached hydrogens (tertiary/aromatic N) is 2. The molecule has 0 amide bonds. The summed E-state index contributed by atoms with van der Waals surface area (Å²) in [6.45, 7) is 5.41. The number of hydrogen-bond donors (Lipinski definition) is 0. The zero-order valence-electron chi connectivity index (χ0n) is 27.2. The van der Waals surface area contributed by atoms with Crippen LogP contribution < -0.4 is 0 Å². The molecule has 1 aromatic heterocycles. The highest BCUT2D eigenvalue weighted by Gasteiger charge is 2.55. The Hall–Kier alpha value is -4.26. The van der Waals surface area contributed by atoms with E-state index in [2.05, 4.69) is 78.6 Å². The smallest absolute Gasteiger partial charge is 0.363 e. The van der Waals surface area contributed by atoms with Crippen LogP contribution in [0.5, 0.6) is 0 Å². The van der Waals surface area contributed by atoms with Gasteiger partial charge in [0, 0.05) is 35.9 Å². The number of para-hydroxylation sites is 1. The number of aromatic nitrogens is 1. The van der Waals surface area contributed by atoms with Crippen LogP contribution in [0, 0.1) is 11.8 Å². The number of quaternary nitrogens is 1. The van der Waals surface area contributed by atoms with Gasteiger partial charge in [-0.05, 0) is 75.3 Å². The Balaban J connectivity index is 1.27. The fourth-order valence-corrected chi connectivity index (χ4v) is 9.04. The number of benzene rings is 5. The molecule has 6 heteroatoms. The zero-order valence-corrected chi connectivity index (χ0v) is 27.2. The van der Waals surface area contributed by atoms with Crippen molar-refractivity contribution in [2.24, 2.45) is 11.8 Å². The van der Waals surface area contributed by atoms with Crippen molar-refractivity contribution in [3.63, 3.8) is 0 Å². The van der Waals surface area contributed by atoms with Crippen LogP contribution in [0.25, 0.3) is 32.4 Å². The first-order valence-corrected chi connectivity index (χ1v) is 17.2. The average Bonchev–Trinajstić information content (AvgIpc) is 3.11. The highest BCUT2D eigenvalue weighted by molar-refractivity contribution is 6.02. The number of hydrogen-bond acceptors (Lipinski definition) is 2. The Kier molecular flexibility index (Phi) is 7.97. The summed E-state index contributed by atoms with van der Waals surface area (Å²) in [5.41, 5.74) is 3.23. The van der Waals surface area contributed by atoms with Gasteiger partial charge >= 0.3 is 6.18 Å². The molecule has 3 saturated heterocycles. The van der Waals surface area contributed by atoms with Crippen LogP contribution in [-0.4, -0.2) is 28.6 Å². The summed E-state index contributed by atoms with van der Waals surface area (Å²) in [4.78, 5) is 4.67. The van der Waals surface area contributed by atoms with Crippen LogP contribution in [0.1, 0.15) is 54.5 Å². The molecule has 3 nitrogen and oxygen atoms in total. The van der Waals surface area contributed by atoms with Crippen molar-refractivity contribution in [3.05, 3.63) is 138 Å². The third-order valence-corrected chi connectivity index (χ3v) is 11.4. The Morgan fingerprint density at radius 1 is 0.833 bits per heavy atom. The van der Waals surface area contributed by atoms with Gasteiger partial charge in [0.15, 0.2) is 0 Å². The molecule has 3 aliphatic heterocycles. The zero-order chi connectivity index (χ0) is 32.9. The van der Waals surface area contributed by atoms with Crippen molar-refractivity contribution < 1.29 is 22.4 Å². The average molecular weight is 646 g/mol. The fraction of sp³-hybridized carbons (Fsp3) is 0.310. The summed E-state index contributed by atoms with van der Waals surface area (Å²) >= 11 is 0. The van der Waals surface area contributed by atoms with E-state index in [-0.39, 0.29) is 18.8 Å². The van der Waals surface area contributed by atoms with Gasteiger partial charge in [-0.15, -0.1) is 0 Å². The molecule has 0 N–H and O–H groups in total. The third-order valence-electron chi connectivity index (χ3n) is 11.4. The van der Waals surface area contributed by atoms with Gasteiger partial charge < -0.3 is 9.22 Å². The molecule has 3 aliphatic rings. The number of fused-ring (bicyclic) bond motifs is 6. The van der Waals surface area contributed by atoms with E-state index in [4.69, 9.17) is 4.74 Å². The van der Waals surface area contributed by atoms with Crippen molar-refractivity contribution >= 4 is 32.4 Å². The second kappa shape index (κ2) is 12.3. The minimum absolute atomic E-state index is 0.0980. The van der Waals surface area contributed by atoms with Gasteiger partial charge in [0.25, 0.3) is 0 Å². The standard InChI is InChI=1S/C42H40F3N2O/c1-2-29-25-47(26-38-34-14-5-3-11-31(34)23-32-12-4-6-15-35(32)38)21-19-30(29)24-40(47)41(37-18-20-46-39-17-8-7-16-36(37)39)48-27-28-10-9-13-33(22-28)42(43,44)45/h3-18,20,22-23,29-30,40-41H,2,19,21,24-27H2,1H3/q+1/t29-,30-,40+,41+,47-/m0/s1. The quantitative estimate of drug-likeness (QED) is 0.121. The summed E-state index contributed by atoms with van der Waals surface area (Å²) in [7, 11) is 0. The van der Waals surface area contributed by atoms with Gasteiger partial charge in [0.1, 0.15) is 18.7 Å². The molecule has 0 aliphatic carbocycles. The maximum absolute atomic E-state index is 13.7. The van der Waals surface area contributed by atoms with E-state index in [9.17, 15) is 13.2 Å². The van der Waals surface area contributed by atoms with E-state index in [1.54, 1.807) is 6.07 Å². The van der Waals surface area contributed by atoms with E-state index >= 15 is 0 Å². The Bertz CT molecular complexity index is 2050. The summed E-state index contributed by atoms with van der Waals surface area (Å²) in [5.74, 6) is 1.21. The number of piperidine rings is 3. The summed E-state index contributed by atoms with van der Waals surface area (Å²) in [5, 5.41) is 6.12. The summed E-state index contributed by atoms with van der Waals surface area (Å²) in [6.07, 6.45) is 0.458. The second-order valence-electron chi connectivity index (χ2n) is 13.9. The van der Waals surface area contributed by atoms with Crippen LogP contribution in [0.3, 0.4) is 0 Å². The number of rotatable bonds is 8. The highest BCUT2D eigenvalue weighted by atomic mass is 19.4. The number of alkyl halides is 3. The topological polar surface area (TPSA) is 22.1 Å². The van der Waals surface area contributed by atoms with Gasteiger partial charge in [-0.1, -0.05) is 85.8 Å². The lowest BCUT2D eigenvalue weighted by Gasteiger charge is -2.59. The molecule has 0 unspecified atom stereocenters. The van der Waals surface area contributed by atoms with Crippen LogP contribution in [-0.2, 0) is 24.1 Å². The third kappa shape index (κ3) is 5.55. The summed E-state index contributed by atoms with van der Waals surface area (Å²) in [6, 6.07) is 35.7. The van der Waals surface area contributed by atoms with E-state index in [0.29, 0.717) is 17.4 Å². The maximum Gasteiger partial charge on any atom is 0.416 e. The molecule has 5 atom stereocenters. The van der Waals surface area contributed by atoms with Gasteiger partial charge in [-0.3, -0.25) is 4.98 Å². The molecule has 0 spiro atoms. The molecular weight excluding hydrogens is 605 g/mol. The molecule has 0 radical (unpaired) electrons. The molecule has 3 fully saturated rings. The van der Waals surface area contributed by atoms with Gasteiger partial charge in [-0.25, -0.2) is 0 Å². The van der Waals surface area contributed by atoms with Crippen molar-refractivity contribution in [2.45, 2.75) is 57.7 Å². The van der Waals surface area contributed by atoms with Crippen molar-refractivity contribution in [2.75, 3.05) is 13.1 Å². The first kappa shape index (κ1) is 31.0. The predicted octanol–water partition coefficient (Wildman–Crippen LogP) is 10.7. The number of pyridine rings is 1. The lowest BCUT2D eigenvalue weighted by Crippen LogP contribution is -2.67. The lowest BCUT2D eigenvalue weighted by molar-refractivity contribution is -0.985. The van der Waals surface area contributed by atoms with Crippen LogP contribution >= 0.6 is 0 Å². The minimum Gasteiger partial charge on any atom is -0.363 e. The molecule has 9 rings (SSSR count). The van der Waals surface area contributed by atoms with Crippen LogP contribution in [0.2, 0.25) is 0 Å². The molecule has 5 aromatic carbocycles. The van der Waals surface area contributed by atoms with E-state index in [0.717, 1.165) is 59.5 Å². The van der Waals surface area contributed by atoms with Gasteiger partial charge in [0.2, 0.25) is 0 Å². The van der Waals surface area contributed by atoms with Crippen molar-refractivity contribution in [1.82, 2.24) is 4.98 Å². The monoisotopic (exact) mass is 645 g/mol. The highest BCUT2D eigenvalue weighted by Crippen LogP contribution is 2.50. The second-order valence-corrected chi connectivity index (χ2v) is 13.9. The van der Waals surface area contributed by atoms with Crippen LogP contribution in [0.15, 0.2) is 115 Å². The minimum atomic E-state index is -4.41. The Labute approximate surface area is 279 Å². The number of ether oxygens (including phenoxy) is 1. The SMILES string of the molecule is CC[C@H]1C[N@+]2(Cc3c4ccccc4cc4ccccc34)CC[C@H]1C[C@@H]2[C@H](OCc1cccc(C(F)(F)F)c1)c1ccnc2ccccc12. The molecule has 0 saturated carbocycles. The molecule has 2 bridgehead atoms. The predicted molar refractivity (Wildman–Crippen MR) is 186 cm³/mol. The molecule has 48 heavy (non-hydrogen) atoms. The molecular formula is C42H40F3N2O+. The number of halogens is 3. The molecule has 4 heterocycles. The molecule has 6 aromatic rings. The van der Waals surface area contributed by atoms with Crippen molar-refractivity contribution in [3.8, 4) is 0 Å². The van der Waals surface area contributed by atoms with Gasteiger partial charge in [0.05, 0.1) is 30.8 Å². The first-order valence-electron chi connectivity index (χ1n) is 17.2. The Morgan fingerprint density at radius 2 is 1.54 bits per heavy atom. The van der Waals surface area contributed by atoms with E-state index in [1.165, 1.54) is 45.7 Å². The lowest BCUT2D eigenvalue weighted by atomic mass is 9.70. The van der Waals surface area contributed by atoms with E-state index < -0.39 is 11.7 Å². The van der Waals surface area contributed by atoms with Gasteiger partial charge in [-0.2, -0.15) is 13.2 Å². The fourth-order valence-electron chi connectivity index (χ4n) is 9.04. The first-order chi connectivity index (χ1) is 23.3. The molecule has 244 valence electrons. The normalized spacial score (nSPS) is 23.2. The summed E-state index contributed by atoms with van der Waals surface area (Å²) < 4.78 is 49.0. The Morgan fingerprint density at radius 3 is 2.27 bits per heavy atom. The van der Waals surface area contributed by atoms with Crippen molar-refractivity contribution in [1.29, 1.82) is 0 Å². The maximum atomic E-state index is 13.7. The largest absolute Gasteiger partial charge is 0.416 e. The van der Waals surface area contributed by atoms with Crippen LogP contribution in [0.4, 0.5) is 13.2 Å².